The lowest BCUT2D eigenvalue weighted by molar-refractivity contribution is -0.0446. The Labute approximate surface area is 129 Å². The molecule has 0 bridgehead atoms. The van der Waals surface area contributed by atoms with Gasteiger partial charge in [-0.1, -0.05) is 0 Å². The minimum Gasteiger partial charge on any atom is -0.373 e. The maximum atomic E-state index is 6.36. The van der Waals surface area contributed by atoms with E-state index in [0.29, 0.717) is 6.04 Å². The zero-order valence-corrected chi connectivity index (χ0v) is 13.6. The molecule has 3 saturated heterocycles. The number of rotatable bonds is 3. The smallest absolute Gasteiger partial charge is 0.0723 e. The van der Waals surface area contributed by atoms with Crippen molar-refractivity contribution in [3.05, 3.63) is 0 Å². The average Bonchev–Trinajstić information content (AvgIpc) is 3.23. The third kappa shape index (κ3) is 3.29. The summed E-state index contributed by atoms with van der Waals surface area (Å²) in [4.78, 5) is 7.82. The molecule has 4 aliphatic rings. The second-order valence-electron chi connectivity index (χ2n) is 7.94. The number of nitrogens with zero attached hydrogens (tertiary/aromatic N) is 3. The van der Waals surface area contributed by atoms with Crippen molar-refractivity contribution in [2.24, 2.45) is 5.92 Å². The van der Waals surface area contributed by atoms with E-state index >= 15 is 0 Å². The van der Waals surface area contributed by atoms with Crippen molar-refractivity contribution in [3.63, 3.8) is 0 Å². The summed E-state index contributed by atoms with van der Waals surface area (Å²) in [7, 11) is 2.24. The molecule has 3 heterocycles. The number of hydrogen-bond acceptors (Lipinski definition) is 4. The zero-order valence-electron chi connectivity index (χ0n) is 13.6. The highest BCUT2D eigenvalue weighted by Crippen LogP contribution is 2.39. The molecule has 21 heavy (non-hydrogen) atoms. The molecule has 0 aromatic rings. The monoisotopic (exact) mass is 293 g/mol. The number of likely N-dealkylation sites (N-methyl/N-ethyl adjacent to an activating group) is 1. The topological polar surface area (TPSA) is 19.0 Å². The number of piperazine rings is 1. The van der Waals surface area contributed by atoms with Gasteiger partial charge in [-0.15, -0.1) is 0 Å². The van der Waals surface area contributed by atoms with Crippen LogP contribution in [0.15, 0.2) is 0 Å². The molecule has 4 fully saturated rings. The van der Waals surface area contributed by atoms with Crippen LogP contribution in [0.5, 0.6) is 0 Å². The van der Waals surface area contributed by atoms with Gasteiger partial charge in [0.25, 0.3) is 0 Å². The Morgan fingerprint density at radius 2 is 1.71 bits per heavy atom. The van der Waals surface area contributed by atoms with E-state index in [1.54, 1.807) is 0 Å². The van der Waals surface area contributed by atoms with E-state index in [4.69, 9.17) is 4.74 Å². The first kappa shape index (κ1) is 14.4. The Morgan fingerprint density at radius 3 is 2.38 bits per heavy atom. The molecule has 0 unspecified atom stereocenters. The predicted octanol–water partition coefficient (Wildman–Crippen LogP) is 1.27. The standard InChI is InChI=1S/C17H31N3O/c1-18-8-10-20(11-9-18)16-12-17(21-14-16)4-6-19(7-5-17)13-15-2-3-15/h15-16H,2-14H2,1H3/t16-/m1/s1. The molecule has 1 atom stereocenters. The Hall–Kier alpha value is -0.160. The molecule has 0 N–H and O–H groups in total. The summed E-state index contributed by atoms with van der Waals surface area (Å²) in [6, 6.07) is 0.689. The Kier molecular flexibility index (Phi) is 3.99. The molecule has 1 saturated carbocycles. The SMILES string of the molecule is CN1CCN([C@H]2COC3(CCN(CC4CC4)CC3)C2)CC1. The summed E-state index contributed by atoms with van der Waals surface area (Å²) in [5.41, 5.74) is 0.230. The van der Waals surface area contributed by atoms with E-state index in [9.17, 15) is 0 Å². The molecule has 4 nitrogen and oxygen atoms in total. The van der Waals surface area contributed by atoms with Crippen molar-refractivity contribution in [1.29, 1.82) is 0 Å². The molecule has 1 aliphatic carbocycles. The van der Waals surface area contributed by atoms with Gasteiger partial charge in [-0.3, -0.25) is 4.90 Å². The quantitative estimate of drug-likeness (QED) is 0.780. The molecule has 120 valence electrons. The molecule has 0 radical (unpaired) electrons. The lowest BCUT2D eigenvalue weighted by atomic mass is 9.87. The zero-order chi connectivity index (χ0) is 14.3. The van der Waals surface area contributed by atoms with Gasteiger partial charge in [-0.05, 0) is 45.1 Å². The van der Waals surface area contributed by atoms with Gasteiger partial charge >= 0.3 is 0 Å². The first-order valence-electron chi connectivity index (χ1n) is 9.01. The van der Waals surface area contributed by atoms with Gasteiger partial charge in [0.1, 0.15) is 0 Å². The summed E-state index contributed by atoms with van der Waals surface area (Å²) >= 11 is 0. The van der Waals surface area contributed by atoms with E-state index in [0.717, 1.165) is 12.5 Å². The predicted molar refractivity (Wildman–Crippen MR) is 84.6 cm³/mol. The Morgan fingerprint density at radius 1 is 1.00 bits per heavy atom. The fraction of sp³-hybridized carbons (Fsp3) is 1.00. The maximum absolute atomic E-state index is 6.36. The van der Waals surface area contributed by atoms with Crippen molar-refractivity contribution in [1.82, 2.24) is 14.7 Å². The number of ether oxygens (including phenoxy) is 1. The summed E-state index contributed by atoms with van der Waals surface area (Å²) in [5.74, 6) is 1.03. The Balaban J connectivity index is 1.27. The first-order chi connectivity index (χ1) is 10.2. The van der Waals surface area contributed by atoms with Crippen LogP contribution in [0, 0.1) is 5.92 Å². The van der Waals surface area contributed by atoms with Gasteiger partial charge in [-0.2, -0.15) is 0 Å². The van der Waals surface area contributed by atoms with E-state index in [-0.39, 0.29) is 5.60 Å². The highest BCUT2D eigenvalue weighted by molar-refractivity contribution is 4.98. The lowest BCUT2D eigenvalue weighted by Crippen LogP contribution is -2.50. The molecule has 0 amide bonds. The lowest BCUT2D eigenvalue weighted by Gasteiger charge is -2.40. The molecule has 1 spiro atoms. The minimum absolute atomic E-state index is 0.230. The number of hydrogen-bond donors (Lipinski definition) is 0. The van der Waals surface area contributed by atoms with E-state index in [1.165, 1.54) is 77.9 Å². The second kappa shape index (κ2) is 5.80. The van der Waals surface area contributed by atoms with Crippen LogP contribution >= 0.6 is 0 Å². The molecule has 3 aliphatic heterocycles. The number of piperidine rings is 1. The van der Waals surface area contributed by atoms with Crippen molar-refractivity contribution in [2.45, 2.75) is 43.7 Å². The fourth-order valence-corrected chi connectivity index (χ4v) is 4.40. The highest BCUT2D eigenvalue weighted by Gasteiger charge is 2.44. The number of likely N-dealkylation sites (tertiary alicyclic amines) is 1. The van der Waals surface area contributed by atoms with Crippen LogP contribution < -0.4 is 0 Å². The molecule has 4 heteroatoms. The minimum atomic E-state index is 0.230. The van der Waals surface area contributed by atoms with Crippen LogP contribution in [0.3, 0.4) is 0 Å². The fourth-order valence-electron chi connectivity index (χ4n) is 4.40. The van der Waals surface area contributed by atoms with Crippen LogP contribution in [-0.2, 0) is 4.74 Å². The highest BCUT2D eigenvalue weighted by atomic mass is 16.5. The second-order valence-corrected chi connectivity index (χ2v) is 7.94. The summed E-state index contributed by atoms with van der Waals surface area (Å²) in [6.07, 6.45) is 6.77. The van der Waals surface area contributed by atoms with Gasteiger partial charge in [-0.25, -0.2) is 0 Å². The van der Waals surface area contributed by atoms with Crippen molar-refractivity contribution in [3.8, 4) is 0 Å². The first-order valence-corrected chi connectivity index (χ1v) is 9.01. The van der Waals surface area contributed by atoms with Crippen LogP contribution in [0.4, 0.5) is 0 Å². The molecule has 4 rings (SSSR count). The normalized spacial score (nSPS) is 35.6. The van der Waals surface area contributed by atoms with E-state index in [2.05, 4.69) is 21.7 Å². The van der Waals surface area contributed by atoms with Gasteiger partial charge in [0.15, 0.2) is 0 Å². The molecule has 0 aromatic carbocycles. The van der Waals surface area contributed by atoms with E-state index in [1.807, 2.05) is 0 Å². The van der Waals surface area contributed by atoms with Crippen LogP contribution in [0.2, 0.25) is 0 Å². The third-order valence-corrected chi connectivity index (χ3v) is 6.22. The molecular formula is C17H31N3O. The average molecular weight is 293 g/mol. The largest absolute Gasteiger partial charge is 0.373 e. The summed E-state index contributed by atoms with van der Waals surface area (Å²) in [5, 5.41) is 0. The van der Waals surface area contributed by atoms with Crippen molar-refractivity contribution >= 4 is 0 Å². The maximum Gasteiger partial charge on any atom is 0.0723 e. The molecule has 0 aromatic heterocycles. The Bertz CT molecular complexity index is 355. The summed E-state index contributed by atoms with van der Waals surface area (Å²) in [6.45, 7) is 9.78. The summed E-state index contributed by atoms with van der Waals surface area (Å²) < 4.78 is 6.36. The van der Waals surface area contributed by atoms with Gasteiger partial charge < -0.3 is 14.5 Å². The van der Waals surface area contributed by atoms with Gasteiger partial charge in [0.2, 0.25) is 0 Å². The van der Waals surface area contributed by atoms with E-state index < -0.39 is 0 Å². The third-order valence-electron chi connectivity index (χ3n) is 6.22. The van der Waals surface area contributed by atoms with Gasteiger partial charge in [0.05, 0.1) is 12.2 Å². The van der Waals surface area contributed by atoms with Crippen LogP contribution in [0.25, 0.3) is 0 Å². The molecular weight excluding hydrogens is 262 g/mol. The van der Waals surface area contributed by atoms with Crippen molar-refractivity contribution in [2.75, 3.05) is 59.5 Å². The van der Waals surface area contributed by atoms with Gasteiger partial charge in [0, 0.05) is 51.9 Å². The van der Waals surface area contributed by atoms with Crippen LogP contribution in [0.1, 0.15) is 32.1 Å². The van der Waals surface area contributed by atoms with Crippen molar-refractivity contribution < 1.29 is 4.74 Å². The van der Waals surface area contributed by atoms with Crippen LogP contribution in [-0.4, -0.2) is 85.8 Å².